The Bertz CT molecular complexity index is 785. The average molecular weight is 322 g/mol. The smallest absolute Gasteiger partial charge is 0.149 e. The van der Waals surface area contributed by atoms with Gasteiger partial charge in [0.25, 0.3) is 0 Å². The third kappa shape index (κ3) is 3.71. The van der Waals surface area contributed by atoms with Crippen molar-refractivity contribution >= 4 is 43.5 Å². The maximum Gasteiger partial charge on any atom is 0.149 e. The van der Waals surface area contributed by atoms with Gasteiger partial charge in [0.05, 0.1) is 5.75 Å². The van der Waals surface area contributed by atoms with E-state index in [0.717, 1.165) is 22.0 Å². The molecule has 2 N–H and O–H groups in total. The number of rotatable bonds is 5. The monoisotopic (exact) mass is 322 g/mol. The predicted octanol–water partition coefficient (Wildman–Crippen LogP) is 1.95. The summed E-state index contributed by atoms with van der Waals surface area (Å²) in [6, 6.07) is 11.7. The molecule has 0 fully saturated rings. The fourth-order valence-electron chi connectivity index (χ4n) is 2.25. The standard InChI is InChI=1S/C15H18N2O2S2/c1-17(9-10-21(2,18)19)14-8-7-13(15(16)20)11-5-3-4-6-12(11)14/h3-8H,9-10H2,1-2H3,(H2,16,20). The Hall–Kier alpha value is -1.66. The maximum atomic E-state index is 11.3. The lowest BCUT2D eigenvalue weighted by molar-refractivity contribution is 0.601. The number of thiocarbonyl (C=S) groups is 1. The van der Waals surface area contributed by atoms with E-state index in [9.17, 15) is 8.42 Å². The lowest BCUT2D eigenvalue weighted by atomic mass is 10.0. The molecule has 0 aliphatic heterocycles. The van der Waals surface area contributed by atoms with Crippen LogP contribution in [-0.4, -0.2) is 39.0 Å². The molecule has 21 heavy (non-hydrogen) atoms. The van der Waals surface area contributed by atoms with Gasteiger partial charge in [0.1, 0.15) is 14.8 Å². The first-order chi connectivity index (χ1) is 9.79. The number of nitrogens with two attached hydrogens (primary N) is 1. The van der Waals surface area contributed by atoms with Crippen LogP contribution in [0.25, 0.3) is 10.8 Å². The third-order valence-corrected chi connectivity index (χ3v) is 4.52. The summed E-state index contributed by atoms with van der Waals surface area (Å²) < 4.78 is 22.6. The molecular formula is C15H18N2O2S2. The molecule has 112 valence electrons. The van der Waals surface area contributed by atoms with Crippen LogP contribution in [0, 0.1) is 0 Å². The van der Waals surface area contributed by atoms with Crippen molar-refractivity contribution in [2.24, 2.45) is 5.73 Å². The minimum atomic E-state index is -2.98. The zero-order valence-electron chi connectivity index (χ0n) is 12.0. The SMILES string of the molecule is CN(CCS(C)(=O)=O)c1ccc(C(N)=S)c2ccccc12. The van der Waals surface area contributed by atoms with Crippen LogP contribution >= 0.6 is 12.2 Å². The molecule has 2 aromatic rings. The molecule has 0 radical (unpaired) electrons. The highest BCUT2D eigenvalue weighted by Crippen LogP contribution is 2.29. The van der Waals surface area contributed by atoms with Gasteiger partial charge in [-0.25, -0.2) is 8.42 Å². The zero-order chi connectivity index (χ0) is 15.6. The number of hydrogen-bond acceptors (Lipinski definition) is 4. The number of sulfone groups is 1. The van der Waals surface area contributed by atoms with E-state index in [-0.39, 0.29) is 5.75 Å². The van der Waals surface area contributed by atoms with E-state index in [0.29, 0.717) is 11.5 Å². The lowest BCUT2D eigenvalue weighted by Gasteiger charge is -2.21. The second-order valence-electron chi connectivity index (χ2n) is 5.09. The Kier molecular flexibility index (Phi) is 4.49. The number of hydrogen-bond donors (Lipinski definition) is 1. The van der Waals surface area contributed by atoms with Crippen LogP contribution in [0.3, 0.4) is 0 Å². The Balaban J connectivity index is 2.46. The average Bonchev–Trinajstić information content (AvgIpc) is 2.42. The third-order valence-electron chi connectivity index (χ3n) is 3.38. The molecule has 0 atom stereocenters. The van der Waals surface area contributed by atoms with Crippen LogP contribution in [-0.2, 0) is 9.84 Å². The van der Waals surface area contributed by atoms with E-state index in [2.05, 4.69) is 0 Å². The summed E-state index contributed by atoms with van der Waals surface area (Å²) in [5.74, 6) is 0.120. The normalized spacial score (nSPS) is 11.5. The van der Waals surface area contributed by atoms with Crippen LogP contribution < -0.4 is 10.6 Å². The van der Waals surface area contributed by atoms with Crippen molar-refractivity contribution in [1.82, 2.24) is 0 Å². The van der Waals surface area contributed by atoms with Gasteiger partial charge in [0.15, 0.2) is 0 Å². The van der Waals surface area contributed by atoms with Gasteiger partial charge in [-0.1, -0.05) is 36.5 Å². The van der Waals surface area contributed by atoms with Crippen LogP contribution in [0.5, 0.6) is 0 Å². The summed E-state index contributed by atoms with van der Waals surface area (Å²) in [7, 11) is -1.10. The predicted molar refractivity (Wildman–Crippen MR) is 92.8 cm³/mol. The summed E-state index contributed by atoms with van der Waals surface area (Å²) in [6.45, 7) is 0.440. The highest BCUT2D eigenvalue weighted by molar-refractivity contribution is 7.90. The summed E-state index contributed by atoms with van der Waals surface area (Å²) in [6.07, 6.45) is 1.24. The molecule has 2 rings (SSSR count). The summed E-state index contributed by atoms with van der Waals surface area (Å²) >= 11 is 5.08. The molecular weight excluding hydrogens is 304 g/mol. The lowest BCUT2D eigenvalue weighted by Crippen LogP contribution is -2.25. The van der Waals surface area contributed by atoms with Crippen LogP contribution in [0.1, 0.15) is 5.56 Å². The molecule has 6 heteroatoms. The molecule has 0 aliphatic rings. The molecule has 0 saturated carbocycles. The Labute approximate surface area is 130 Å². The van der Waals surface area contributed by atoms with Crippen molar-refractivity contribution in [2.75, 3.05) is 30.5 Å². The second kappa shape index (κ2) is 5.99. The summed E-state index contributed by atoms with van der Waals surface area (Å²) in [5.41, 5.74) is 7.56. The van der Waals surface area contributed by atoms with Gasteiger partial charge in [-0.3, -0.25) is 0 Å². The van der Waals surface area contributed by atoms with Crippen molar-refractivity contribution in [3.05, 3.63) is 42.0 Å². The molecule has 2 aromatic carbocycles. The van der Waals surface area contributed by atoms with E-state index in [4.69, 9.17) is 18.0 Å². The van der Waals surface area contributed by atoms with Gasteiger partial charge >= 0.3 is 0 Å². The number of anilines is 1. The van der Waals surface area contributed by atoms with Gasteiger partial charge in [-0.2, -0.15) is 0 Å². The number of fused-ring (bicyclic) bond motifs is 1. The number of nitrogens with zero attached hydrogens (tertiary/aromatic N) is 1. The first kappa shape index (κ1) is 15.7. The van der Waals surface area contributed by atoms with Gasteiger partial charge in [-0.15, -0.1) is 0 Å². The fraction of sp³-hybridized carbons (Fsp3) is 0.267. The summed E-state index contributed by atoms with van der Waals surface area (Å²) in [5, 5.41) is 1.99. The van der Waals surface area contributed by atoms with Crippen molar-refractivity contribution in [3.63, 3.8) is 0 Å². The molecule has 0 saturated heterocycles. The molecule has 0 bridgehead atoms. The fourth-order valence-corrected chi connectivity index (χ4v) is 3.04. The second-order valence-corrected chi connectivity index (χ2v) is 7.79. The van der Waals surface area contributed by atoms with Crippen molar-refractivity contribution in [1.29, 1.82) is 0 Å². The van der Waals surface area contributed by atoms with E-state index < -0.39 is 9.84 Å². The molecule has 0 aromatic heterocycles. The van der Waals surface area contributed by atoms with E-state index >= 15 is 0 Å². The first-order valence-corrected chi connectivity index (χ1v) is 8.97. The quantitative estimate of drug-likeness (QED) is 0.853. The van der Waals surface area contributed by atoms with Gasteiger partial charge < -0.3 is 10.6 Å². The topological polar surface area (TPSA) is 63.4 Å². The van der Waals surface area contributed by atoms with Crippen LogP contribution in [0.4, 0.5) is 5.69 Å². The largest absolute Gasteiger partial charge is 0.389 e. The Morgan fingerprint density at radius 1 is 1.19 bits per heavy atom. The number of benzene rings is 2. The van der Waals surface area contributed by atoms with Crippen molar-refractivity contribution < 1.29 is 8.42 Å². The molecule has 0 spiro atoms. The molecule has 0 amide bonds. The highest BCUT2D eigenvalue weighted by atomic mass is 32.2. The van der Waals surface area contributed by atoms with Gasteiger partial charge in [-0.05, 0) is 17.5 Å². The zero-order valence-corrected chi connectivity index (χ0v) is 13.7. The maximum absolute atomic E-state index is 11.3. The minimum Gasteiger partial charge on any atom is -0.389 e. The van der Waals surface area contributed by atoms with E-state index in [1.165, 1.54) is 6.26 Å². The molecule has 0 aliphatic carbocycles. The molecule has 4 nitrogen and oxygen atoms in total. The van der Waals surface area contributed by atoms with Gasteiger partial charge in [0, 0.05) is 36.5 Å². The van der Waals surface area contributed by atoms with E-state index in [1.807, 2.05) is 48.3 Å². The van der Waals surface area contributed by atoms with Crippen molar-refractivity contribution in [3.8, 4) is 0 Å². The van der Waals surface area contributed by atoms with E-state index in [1.54, 1.807) is 0 Å². The highest BCUT2D eigenvalue weighted by Gasteiger charge is 2.12. The molecule has 0 unspecified atom stereocenters. The van der Waals surface area contributed by atoms with Crippen molar-refractivity contribution in [2.45, 2.75) is 0 Å². The van der Waals surface area contributed by atoms with Gasteiger partial charge in [0.2, 0.25) is 0 Å². The summed E-state index contributed by atoms with van der Waals surface area (Å²) in [4.78, 5) is 2.30. The van der Waals surface area contributed by atoms with Crippen LogP contribution in [0.2, 0.25) is 0 Å². The Morgan fingerprint density at radius 3 is 2.38 bits per heavy atom. The minimum absolute atomic E-state index is 0.120. The first-order valence-electron chi connectivity index (χ1n) is 6.50. The molecule has 0 heterocycles. The van der Waals surface area contributed by atoms with Crippen LogP contribution in [0.15, 0.2) is 36.4 Å². The Morgan fingerprint density at radius 2 is 1.81 bits per heavy atom.